The smallest absolute Gasteiger partial charge is 0.337 e. The Morgan fingerprint density at radius 2 is 2.31 bits per heavy atom. The van der Waals surface area contributed by atoms with Gasteiger partial charge in [0, 0.05) is 5.70 Å². The number of methoxy groups -OCH3 is 1. The van der Waals surface area contributed by atoms with Gasteiger partial charge < -0.3 is 10.5 Å². The molecule has 0 fully saturated rings. The number of rotatable bonds is 1. The number of nitrogens with two attached hydrogens (primary N) is 1. The Kier molecular flexibility index (Phi) is 2.90. The molecule has 1 rings (SSSR count). The minimum atomic E-state index is -0.360. The molecule has 3 heteroatoms. The highest BCUT2D eigenvalue weighted by Gasteiger charge is 2.09. The first kappa shape index (κ1) is 9.58. The van der Waals surface area contributed by atoms with Gasteiger partial charge >= 0.3 is 5.97 Å². The highest BCUT2D eigenvalue weighted by molar-refractivity contribution is 5.92. The molecule has 0 amide bonds. The van der Waals surface area contributed by atoms with Gasteiger partial charge in [0.2, 0.25) is 0 Å². The topological polar surface area (TPSA) is 52.3 Å². The SMILES string of the molecule is COC(=O)C1=CC(N)=CC(C)C=C1. The van der Waals surface area contributed by atoms with E-state index in [1.807, 2.05) is 19.1 Å². The number of carbonyl (C=O) groups is 1. The van der Waals surface area contributed by atoms with Crippen LogP contribution in [0.1, 0.15) is 6.92 Å². The molecule has 1 aliphatic carbocycles. The van der Waals surface area contributed by atoms with Crippen LogP contribution in [0.3, 0.4) is 0 Å². The molecule has 0 saturated heterocycles. The van der Waals surface area contributed by atoms with E-state index in [0.717, 1.165) is 0 Å². The van der Waals surface area contributed by atoms with Crippen molar-refractivity contribution in [3.05, 3.63) is 35.6 Å². The predicted octanol–water partition coefficient (Wildman–Crippen LogP) is 1.13. The van der Waals surface area contributed by atoms with E-state index in [1.54, 1.807) is 12.2 Å². The molecule has 13 heavy (non-hydrogen) atoms. The van der Waals surface area contributed by atoms with Crippen LogP contribution in [0, 0.1) is 5.92 Å². The minimum Gasteiger partial charge on any atom is -0.465 e. The second-order valence-corrected chi connectivity index (χ2v) is 2.98. The molecule has 0 aromatic carbocycles. The van der Waals surface area contributed by atoms with Crippen molar-refractivity contribution in [2.24, 2.45) is 11.7 Å². The molecule has 0 saturated carbocycles. The summed E-state index contributed by atoms with van der Waals surface area (Å²) in [5.41, 5.74) is 6.73. The van der Waals surface area contributed by atoms with Crippen LogP contribution < -0.4 is 5.73 Å². The average molecular weight is 179 g/mol. The Labute approximate surface area is 77.6 Å². The van der Waals surface area contributed by atoms with Gasteiger partial charge in [-0.05, 0) is 12.0 Å². The number of carbonyl (C=O) groups excluding carboxylic acids is 1. The van der Waals surface area contributed by atoms with Gasteiger partial charge in [0.25, 0.3) is 0 Å². The lowest BCUT2D eigenvalue weighted by Crippen LogP contribution is -2.04. The molecule has 0 aliphatic heterocycles. The van der Waals surface area contributed by atoms with Crippen molar-refractivity contribution in [3.8, 4) is 0 Å². The van der Waals surface area contributed by atoms with Crippen LogP contribution >= 0.6 is 0 Å². The Morgan fingerprint density at radius 3 is 2.92 bits per heavy atom. The van der Waals surface area contributed by atoms with Gasteiger partial charge in [-0.1, -0.05) is 25.2 Å². The van der Waals surface area contributed by atoms with Crippen LogP contribution in [0.2, 0.25) is 0 Å². The molecule has 0 spiro atoms. The van der Waals surface area contributed by atoms with Crippen molar-refractivity contribution in [2.45, 2.75) is 6.92 Å². The van der Waals surface area contributed by atoms with E-state index in [9.17, 15) is 4.79 Å². The Bertz CT molecular complexity index is 300. The van der Waals surface area contributed by atoms with Crippen molar-refractivity contribution in [1.29, 1.82) is 0 Å². The fourth-order valence-electron chi connectivity index (χ4n) is 1.14. The lowest BCUT2D eigenvalue weighted by atomic mass is 10.1. The van der Waals surface area contributed by atoms with Gasteiger partial charge in [0.05, 0.1) is 12.7 Å². The summed E-state index contributed by atoms with van der Waals surface area (Å²) in [6.45, 7) is 2.00. The first-order chi connectivity index (χ1) is 6.13. The summed E-state index contributed by atoms with van der Waals surface area (Å²) < 4.78 is 4.59. The molecule has 0 heterocycles. The molecule has 0 bridgehead atoms. The van der Waals surface area contributed by atoms with Crippen LogP contribution in [-0.4, -0.2) is 13.1 Å². The molecule has 0 aromatic rings. The molecule has 1 atom stereocenters. The lowest BCUT2D eigenvalue weighted by Gasteiger charge is -1.97. The van der Waals surface area contributed by atoms with E-state index in [-0.39, 0.29) is 11.9 Å². The number of allylic oxidation sites excluding steroid dienone is 3. The molecule has 70 valence electrons. The fourth-order valence-corrected chi connectivity index (χ4v) is 1.14. The number of ether oxygens (including phenoxy) is 1. The Morgan fingerprint density at radius 1 is 1.62 bits per heavy atom. The number of esters is 1. The quantitative estimate of drug-likeness (QED) is 0.614. The standard InChI is InChI=1S/C10H13NO2/c1-7-3-4-8(10(12)13-2)6-9(11)5-7/h3-7H,11H2,1-2H3. The van der Waals surface area contributed by atoms with E-state index < -0.39 is 0 Å². The first-order valence-corrected chi connectivity index (χ1v) is 4.09. The van der Waals surface area contributed by atoms with Crippen molar-refractivity contribution in [2.75, 3.05) is 7.11 Å². The Balaban J connectivity index is 2.93. The number of hydrogen-bond acceptors (Lipinski definition) is 3. The van der Waals surface area contributed by atoms with Crippen molar-refractivity contribution in [3.63, 3.8) is 0 Å². The zero-order valence-electron chi connectivity index (χ0n) is 7.78. The van der Waals surface area contributed by atoms with Crippen LogP contribution in [0.25, 0.3) is 0 Å². The summed E-state index contributed by atoms with van der Waals surface area (Å²) in [7, 11) is 1.35. The molecule has 3 nitrogen and oxygen atoms in total. The van der Waals surface area contributed by atoms with E-state index in [0.29, 0.717) is 11.3 Å². The average Bonchev–Trinajstić information content (AvgIpc) is 2.25. The third-order valence-electron chi connectivity index (χ3n) is 1.78. The molecular formula is C10H13NO2. The van der Waals surface area contributed by atoms with Gasteiger partial charge in [0.15, 0.2) is 0 Å². The van der Waals surface area contributed by atoms with Crippen molar-refractivity contribution < 1.29 is 9.53 Å². The number of hydrogen-bond donors (Lipinski definition) is 1. The summed E-state index contributed by atoms with van der Waals surface area (Å²) in [4.78, 5) is 11.1. The second kappa shape index (κ2) is 3.94. The highest BCUT2D eigenvalue weighted by atomic mass is 16.5. The monoisotopic (exact) mass is 179 g/mol. The fraction of sp³-hybridized carbons (Fsp3) is 0.300. The van der Waals surface area contributed by atoms with Gasteiger partial charge in [-0.15, -0.1) is 0 Å². The summed E-state index contributed by atoms with van der Waals surface area (Å²) in [5, 5.41) is 0. The molecule has 2 N–H and O–H groups in total. The van der Waals surface area contributed by atoms with E-state index in [4.69, 9.17) is 5.73 Å². The summed E-state index contributed by atoms with van der Waals surface area (Å²) in [5.74, 6) is -0.111. The lowest BCUT2D eigenvalue weighted by molar-refractivity contribution is -0.135. The molecule has 0 radical (unpaired) electrons. The first-order valence-electron chi connectivity index (χ1n) is 4.09. The van der Waals surface area contributed by atoms with Gasteiger partial charge in [0.1, 0.15) is 0 Å². The largest absolute Gasteiger partial charge is 0.465 e. The molecule has 0 aromatic heterocycles. The summed E-state index contributed by atoms with van der Waals surface area (Å²) in [6.07, 6.45) is 7.13. The maximum Gasteiger partial charge on any atom is 0.337 e. The summed E-state index contributed by atoms with van der Waals surface area (Å²) in [6, 6.07) is 0. The van der Waals surface area contributed by atoms with Crippen LogP contribution in [0.5, 0.6) is 0 Å². The normalized spacial score (nSPS) is 21.5. The van der Waals surface area contributed by atoms with Crippen LogP contribution in [0.15, 0.2) is 35.6 Å². The molecule has 1 unspecified atom stereocenters. The Hall–Kier alpha value is -1.51. The van der Waals surface area contributed by atoms with E-state index >= 15 is 0 Å². The van der Waals surface area contributed by atoms with E-state index in [1.165, 1.54) is 7.11 Å². The molecule has 1 aliphatic rings. The van der Waals surface area contributed by atoms with Crippen LogP contribution in [0.4, 0.5) is 0 Å². The van der Waals surface area contributed by atoms with Gasteiger partial charge in [-0.25, -0.2) is 4.79 Å². The minimum absolute atomic E-state index is 0.249. The zero-order valence-corrected chi connectivity index (χ0v) is 7.78. The van der Waals surface area contributed by atoms with Gasteiger partial charge in [-0.3, -0.25) is 0 Å². The highest BCUT2D eigenvalue weighted by Crippen LogP contribution is 2.12. The maximum absolute atomic E-state index is 11.1. The zero-order chi connectivity index (χ0) is 9.84. The van der Waals surface area contributed by atoms with Crippen LogP contribution in [-0.2, 0) is 9.53 Å². The third kappa shape index (κ3) is 2.47. The third-order valence-corrected chi connectivity index (χ3v) is 1.78. The summed E-state index contributed by atoms with van der Waals surface area (Å²) >= 11 is 0. The van der Waals surface area contributed by atoms with E-state index in [2.05, 4.69) is 4.74 Å². The van der Waals surface area contributed by atoms with Crippen molar-refractivity contribution in [1.82, 2.24) is 0 Å². The second-order valence-electron chi connectivity index (χ2n) is 2.98. The predicted molar refractivity (Wildman–Crippen MR) is 50.7 cm³/mol. The maximum atomic E-state index is 11.1. The molecular weight excluding hydrogens is 166 g/mol. The van der Waals surface area contributed by atoms with Gasteiger partial charge in [-0.2, -0.15) is 0 Å². The van der Waals surface area contributed by atoms with Crippen molar-refractivity contribution >= 4 is 5.97 Å².